The molecule has 0 saturated heterocycles. The molecule has 112 valence electrons. The first kappa shape index (κ1) is 14.3. The van der Waals surface area contributed by atoms with Gasteiger partial charge >= 0.3 is 0 Å². The molecule has 0 spiro atoms. The van der Waals surface area contributed by atoms with Crippen molar-refractivity contribution in [2.75, 3.05) is 5.32 Å². The molecule has 0 heterocycles. The van der Waals surface area contributed by atoms with Crippen molar-refractivity contribution in [3.63, 3.8) is 0 Å². The van der Waals surface area contributed by atoms with Gasteiger partial charge in [-0.1, -0.05) is 24.3 Å². The zero-order valence-electron chi connectivity index (χ0n) is 12.2. The number of ketones is 1. The lowest BCUT2D eigenvalue weighted by molar-refractivity contribution is -0.384. The fourth-order valence-electron chi connectivity index (χ4n) is 2.92. The van der Waals surface area contributed by atoms with E-state index in [0.29, 0.717) is 11.3 Å². The minimum Gasteiger partial charge on any atom is -0.373 e. The molecular formula is C17H16N2O3. The second-order valence-electron chi connectivity index (χ2n) is 5.48. The molecule has 5 heteroatoms. The number of anilines is 1. The quantitative estimate of drug-likeness (QED) is 0.527. The molecule has 1 aliphatic rings. The number of nitrogens with zero attached hydrogens (tertiary/aromatic N) is 1. The maximum atomic E-state index is 11.4. The van der Waals surface area contributed by atoms with Crippen molar-refractivity contribution in [2.24, 2.45) is 0 Å². The standard InChI is InChI=1S/C17H16N2O3/c1-11(20)13-7-9-16(17(10-13)19(21)22)18-15-8-6-12-4-2-3-5-14(12)15/h2-5,7,9-10,15,18H,6,8H2,1H3. The molecule has 1 N–H and O–H groups in total. The van der Waals surface area contributed by atoms with Crippen LogP contribution in [0.25, 0.3) is 0 Å². The van der Waals surface area contributed by atoms with Crippen LogP contribution < -0.4 is 5.32 Å². The normalized spacial score (nSPS) is 16.1. The highest BCUT2D eigenvalue weighted by atomic mass is 16.6. The second kappa shape index (κ2) is 5.60. The molecule has 0 fully saturated rings. The molecule has 3 rings (SSSR count). The van der Waals surface area contributed by atoms with Gasteiger partial charge in [-0.15, -0.1) is 0 Å². The zero-order chi connectivity index (χ0) is 15.7. The van der Waals surface area contributed by atoms with E-state index in [9.17, 15) is 14.9 Å². The molecule has 22 heavy (non-hydrogen) atoms. The molecule has 1 atom stereocenters. The van der Waals surface area contributed by atoms with Gasteiger partial charge < -0.3 is 5.32 Å². The topological polar surface area (TPSA) is 72.2 Å². The van der Waals surface area contributed by atoms with E-state index in [0.717, 1.165) is 12.8 Å². The van der Waals surface area contributed by atoms with Gasteiger partial charge in [-0.25, -0.2) is 0 Å². The zero-order valence-corrected chi connectivity index (χ0v) is 12.2. The summed E-state index contributed by atoms with van der Waals surface area (Å²) in [4.78, 5) is 22.2. The number of aryl methyl sites for hydroxylation is 1. The summed E-state index contributed by atoms with van der Waals surface area (Å²) in [5.74, 6) is -0.180. The lowest BCUT2D eigenvalue weighted by Gasteiger charge is -2.16. The molecule has 0 aliphatic heterocycles. The molecule has 1 unspecified atom stereocenters. The van der Waals surface area contributed by atoms with Gasteiger partial charge in [0.05, 0.1) is 11.0 Å². The number of nitrogens with one attached hydrogen (secondary N) is 1. The van der Waals surface area contributed by atoms with Crippen LogP contribution in [0.15, 0.2) is 42.5 Å². The third-order valence-corrected chi connectivity index (χ3v) is 4.06. The van der Waals surface area contributed by atoms with Gasteiger partial charge in [0.2, 0.25) is 0 Å². The van der Waals surface area contributed by atoms with Crippen LogP contribution >= 0.6 is 0 Å². The van der Waals surface area contributed by atoms with Crippen LogP contribution in [0.2, 0.25) is 0 Å². The minimum absolute atomic E-state index is 0.0583. The highest BCUT2D eigenvalue weighted by molar-refractivity contribution is 5.95. The van der Waals surface area contributed by atoms with Crippen LogP contribution in [-0.2, 0) is 6.42 Å². The van der Waals surface area contributed by atoms with Crippen molar-refractivity contribution in [3.05, 3.63) is 69.3 Å². The number of benzene rings is 2. The number of fused-ring (bicyclic) bond motifs is 1. The largest absolute Gasteiger partial charge is 0.373 e. The van der Waals surface area contributed by atoms with E-state index in [4.69, 9.17) is 0 Å². The first-order valence-electron chi connectivity index (χ1n) is 7.20. The van der Waals surface area contributed by atoms with Gasteiger partial charge in [0.15, 0.2) is 5.78 Å². The number of carbonyl (C=O) groups excluding carboxylic acids is 1. The Morgan fingerprint density at radius 3 is 2.77 bits per heavy atom. The van der Waals surface area contributed by atoms with Gasteiger partial charge in [-0.2, -0.15) is 0 Å². The highest BCUT2D eigenvalue weighted by Gasteiger charge is 2.25. The van der Waals surface area contributed by atoms with Crippen LogP contribution in [-0.4, -0.2) is 10.7 Å². The Hall–Kier alpha value is -2.69. The molecule has 2 aromatic rings. The van der Waals surface area contributed by atoms with Crippen LogP contribution in [0.5, 0.6) is 0 Å². The molecule has 0 radical (unpaired) electrons. The number of rotatable bonds is 4. The summed E-state index contributed by atoms with van der Waals surface area (Å²) < 4.78 is 0. The van der Waals surface area contributed by atoms with Crippen LogP contribution in [0.4, 0.5) is 11.4 Å². The van der Waals surface area contributed by atoms with E-state index in [2.05, 4.69) is 17.4 Å². The van der Waals surface area contributed by atoms with Gasteiger partial charge in [0.1, 0.15) is 5.69 Å². The number of Topliss-reactive ketones (excluding diaryl/α,β-unsaturated/α-hetero) is 1. The molecule has 2 aromatic carbocycles. The fraction of sp³-hybridized carbons (Fsp3) is 0.235. The van der Waals surface area contributed by atoms with Crippen molar-refractivity contribution in [3.8, 4) is 0 Å². The smallest absolute Gasteiger partial charge is 0.293 e. The molecule has 0 amide bonds. The van der Waals surface area contributed by atoms with Gasteiger partial charge in [0, 0.05) is 11.6 Å². The SMILES string of the molecule is CC(=O)c1ccc(NC2CCc3ccccc32)c([N+](=O)[O-])c1. The van der Waals surface area contributed by atoms with E-state index in [1.807, 2.05) is 12.1 Å². The molecule has 0 aromatic heterocycles. The second-order valence-corrected chi connectivity index (χ2v) is 5.48. The number of nitro benzene ring substituents is 1. The summed E-state index contributed by atoms with van der Waals surface area (Å²) in [5, 5.41) is 14.5. The Morgan fingerprint density at radius 2 is 2.05 bits per heavy atom. The van der Waals surface area contributed by atoms with Gasteiger partial charge in [0.25, 0.3) is 5.69 Å². The Kier molecular flexibility index (Phi) is 3.63. The molecule has 5 nitrogen and oxygen atoms in total. The minimum atomic E-state index is -0.449. The van der Waals surface area contributed by atoms with Crippen LogP contribution in [0.3, 0.4) is 0 Å². The first-order valence-corrected chi connectivity index (χ1v) is 7.20. The third kappa shape index (κ3) is 2.57. The fourth-order valence-corrected chi connectivity index (χ4v) is 2.92. The van der Waals surface area contributed by atoms with Gasteiger partial charge in [-0.05, 0) is 43.0 Å². The Bertz CT molecular complexity index is 755. The molecule has 0 bridgehead atoms. The Morgan fingerprint density at radius 1 is 1.27 bits per heavy atom. The Balaban J connectivity index is 1.93. The third-order valence-electron chi connectivity index (χ3n) is 4.06. The van der Waals surface area contributed by atoms with Gasteiger partial charge in [-0.3, -0.25) is 14.9 Å². The number of hydrogen-bond donors (Lipinski definition) is 1. The summed E-state index contributed by atoms with van der Waals surface area (Å²) in [5.41, 5.74) is 3.22. The average molecular weight is 296 g/mol. The molecule has 1 aliphatic carbocycles. The van der Waals surface area contributed by atoms with E-state index >= 15 is 0 Å². The number of hydrogen-bond acceptors (Lipinski definition) is 4. The average Bonchev–Trinajstić information content (AvgIpc) is 2.90. The van der Waals surface area contributed by atoms with E-state index in [-0.39, 0.29) is 17.5 Å². The maximum Gasteiger partial charge on any atom is 0.293 e. The number of nitro groups is 1. The van der Waals surface area contributed by atoms with E-state index in [1.165, 1.54) is 24.1 Å². The van der Waals surface area contributed by atoms with Crippen molar-refractivity contribution >= 4 is 17.2 Å². The van der Waals surface area contributed by atoms with Crippen molar-refractivity contribution in [2.45, 2.75) is 25.8 Å². The van der Waals surface area contributed by atoms with Crippen molar-refractivity contribution in [1.82, 2.24) is 0 Å². The summed E-state index contributed by atoms with van der Waals surface area (Å²) in [6.07, 6.45) is 1.87. The van der Waals surface area contributed by atoms with E-state index < -0.39 is 4.92 Å². The first-order chi connectivity index (χ1) is 10.6. The monoisotopic (exact) mass is 296 g/mol. The molecular weight excluding hydrogens is 280 g/mol. The molecule has 0 saturated carbocycles. The summed E-state index contributed by atoms with van der Waals surface area (Å²) in [6.45, 7) is 1.40. The van der Waals surface area contributed by atoms with Crippen LogP contribution in [0.1, 0.15) is 40.9 Å². The predicted molar refractivity (Wildman–Crippen MR) is 84.2 cm³/mol. The van der Waals surface area contributed by atoms with Crippen LogP contribution in [0, 0.1) is 10.1 Å². The Labute approximate surface area is 128 Å². The summed E-state index contributed by atoms with van der Waals surface area (Å²) >= 11 is 0. The summed E-state index contributed by atoms with van der Waals surface area (Å²) in [6, 6.07) is 12.8. The van der Waals surface area contributed by atoms with Crippen molar-refractivity contribution in [1.29, 1.82) is 0 Å². The lowest BCUT2D eigenvalue weighted by atomic mass is 10.1. The number of carbonyl (C=O) groups is 1. The van der Waals surface area contributed by atoms with Crippen molar-refractivity contribution < 1.29 is 9.72 Å². The maximum absolute atomic E-state index is 11.4. The highest BCUT2D eigenvalue weighted by Crippen LogP contribution is 2.36. The predicted octanol–water partition coefficient (Wildman–Crippen LogP) is 3.90. The lowest BCUT2D eigenvalue weighted by Crippen LogP contribution is -2.09. The summed E-state index contributed by atoms with van der Waals surface area (Å²) in [7, 11) is 0. The van der Waals surface area contributed by atoms with E-state index in [1.54, 1.807) is 12.1 Å².